The van der Waals surface area contributed by atoms with Crippen molar-refractivity contribution in [3.63, 3.8) is 0 Å². The molecule has 0 aliphatic heterocycles. The lowest BCUT2D eigenvalue weighted by molar-refractivity contribution is -0.142. The Bertz CT molecular complexity index is 3910. The third-order valence-corrected chi connectivity index (χ3v) is 14.4. The lowest BCUT2D eigenvalue weighted by Gasteiger charge is -2.13. The average molecular weight is 1490 g/mol. The first-order valence-corrected chi connectivity index (χ1v) is 35.7. The monoisotopic (exact) mass is 1490 g/mol. The molecule has 100 heavy (non-hydrogen) atoms. The number of hydrogen-bond acceptors (Lipinski definition) is 16. The number of alkyl halides is 9. The smallest absolute Gasteiger partial charge is 0.433 e. The molecule has 37 heteroatoms. The van der Waals surface area contributed by atoms with Crippen LogP contribution in [-0.2, 0) is 95.5 Å². The molecule has 0 spiro atoms. The summed E-state index contributed by atoms with van der Waals surface area (Å²) in [5.41, 5.74) is -1.80. The van der Waals surface area contributed by atoms with Gasteiger partial charge in [-0.1, -0.05) is 63.9 Å². The minimum Gasteiger partial charge on any atom is -0.477 e. The van der Waals surface area contributed by atoms with Crippen LogP contribution in [0.2, 0.25) is 0 Å². The van der Waals surface area contributed by atoms with Crippen LogP contribution in [0.25, 0.3) is 6.08 Å². The summed E-state index contributed by atoms with van der Waals surface area (Å²) < 4.78 is 248. The number of rotatable bonds is 31. The molecular weight excluding hydrogens is 1410 g/mol. The SMILES string of the molecule is CCCCOc1nc(C(F)(F)F)ccc1CCC(=O)NCc1ccc(NS(C)(=O)=O)c(F)c1.CCCCOc1nc(C(F)(F)F)ccc1CCC(=O)NCc1ccc(NS(C)(=O)=O)c(F)c1.CCCOc1nc(C(F)(F)F)ccc1/C=C/C(=O)NCc1ccc(NS(C)(=O)=O)c(F)c1.CO. The molecule has 3 amide bonds. The van der Waals surface area contributed by atoms with Crippen molar-refractivity contribution in [2.75, 3.05) is 59.9 Å². The Morgan fingerprint density at radius 2 is 0.790 bits per heavy atom. The Morgan fingerprint density at radius 1 is 0.460 bits per heavy atom. The third kappa shape index (κ3) is 32.4. The Labute approximate surface area is 570 Å². The van der Waals surface area contributed by atoms with Gasteiger partial charge in [-0.25, -0.2) is 53.4 Å². The fourth-order valence-corrected chi connectivity index (χ4v) is 9.60. The fraction of sp³-hybridized carbons (Fsp3) is 0.397. The van der Waals surface area contributed by atoms with Gasteiger partial charge in [0.25, 0.3) is 0 Å². The second-order valence-electron chi connectivity index (χ2n) is 21.3. The molecule has 3 aromatic carbocycles. The molecule has 3 aromatic heterocycles. The summed E-state index contributed by atoms with van der Waals surface area (Å²) in [6.07, 6.45) is -5.30. The molecule has 0 saturated heterocycles. The van der Waals surface area contributed by atoms with E-state index in [0.29, 0.717) is 47.1 Å². The number of unbranched alkanes of at least 4 members (excludes halogenated alkanes) is 2. The number of halogens is 12. The van der Waals surface area contributed by atoms with E-state index in [9.17, 15) is 92.3 Å². The molecule has 6 rings (SSSR count). The number of benzene rings is 3. The number of carbonyl (C=O) groups excluding carboxylic acids is 3. The van der Waals surface area contributed by atoms with Gasteiger partial charge in [-0.05, 0) is 116 Å². The number of ether oxygens (including phenoxy) is 3. The first-order chi connectivity index (χ1) is 46.7. The summed E-state index contributed by atoms with van der Waals surface area (Å²) >= 11 is 0. The van der Waals surface area contributed by atoms with E-state index in [2.05, 4.69) is 30.9 Å². The molecule has 0 radical (unpaired) electrons. The number of pyridine rings is 3. The predicted molar refractivity (Wildman–Crippen MR) is 348 cm³/mol. The summed E-state index contributed by atoms with van der Waals surface area (Å²) in [5.74, 6) is -4.36. The number of aliphatic hydroxyl groups excluding tert-OH is 1. The molecule has 0 unspecified atom stereocenters. The van der Waals surface area contributed by atoms with Crippen molar-refractivity contribution in [3.8, 4) is 17.6 Å². The van der Waals surface area contributed by atoms with Gasteiger partial charge in [0, 0.05) is 62.4 Å². The van der Waals surface area contributed by atoms with Gasteiger partial charge in [-0.15, -0.1) is 0 Å². The standard InChI is InChI=1S/2C21H25F4N3O4S.C20H21F4N3O4S.CH4O/c2*1-3-4-11-32-20-15(6-9-18(27-20)21(23,24)25)7-10-19(29)26-13-14-5-8-17(16(22)12-14)28-33(2,30)31;1-3-10-31-19-14(5-8-17(26-19)20(22,23)24)6-9-18(28)25-12-13-4-7-16(15(21)11-13)27-32(2,29)30;1-2/h2*5-6,8-9,12,28H,3-4,7,10-11,13H2,1-2H3,(H,26,29);4-9,11,27H,3,10,12H2,1-2H3,(H,25,28);2H,1H3/b;;9-6+;. The van der Waals surface area contributed by atoms with Crippen molar-refractivity contribution in [1.29, 1.82) is 0 Å². The van der Waals surface area contributed by atoms with E-state index in [1.165, 1.54) is 54.6 Å². The number of aryl methyl sites for hydroxylation is 2. The molecule has 0 aliphatic rings. The normalized spacial score (nSPS) is 11.7. The van der Waals surface area contributed by atoms with Crippen LogP contribution in [0.4, 0.5) is 69.7 Å². The predicted octanol–water partition coefficient (Wildman–Crippen LogP) is 11.4. The van der Waals surface area contributed by atoms with Crippen molar-refractivity contribution < 1.29 is 112 Å². The second kappa shape index (κ2) is 39.7. The van der Waals surface area contributed by atoms with E-state index in [1.54, 1.807) is 6.92 Å². The highest BCUT2D eigenvalue weighted by atomic mass is 32.2. The summed E-state index contributed by atoms with van der Waals surface area (Å²) in [6.45, 7) is 6.08. The summed E-state index contributed by atoms with van der Waals surface area (Å²) in [5, 5.41) is 14.7. The molecule has 6 aromatic rings. The van der Waals surface area contributed by atoms with Gasteiger partial charge >= 0.3 is 18.5 Å². The average Bonchev–Trinajstić information content (AvgIpc) is 0.848. The minimum atomic E-state index is -4.63. The first-order valence-electron chi connectivity index (χ1n) is 30.0. The molecular formula is C63H75F12N9O13S3. The van der Waals surface area contributed by atoms with E-state index in [1.807, 2.05) is 28.0 Å². The Hall–Kier alpha value is -8.97. The highest BCUT2D eigenvalue weighted by Crippen LogP contribution is 2.34. The van der Waals surface area contributed by atoms with Crippen molar-refractivity contribution in [2.45, 2.75) is 117 Å². The molecule has 552 valence electrons. The largest absolute Gasteiger partial charge is 0.477 e. The number of amides is 3. The van der Waals surface area contributed by atoms with Crippen LogP contribution < -0.4 is 44.3 Å². The maximum atomic E-state index is 14.0. The van der Waals surface area contributed by atoms with Crippen LogP contribution in [0.1, 0.15) is 116 Å². The van der Waals surface area contributed by atoms with Gasteiger partial charge in [-0.3, -0.25) is 28.5 Å². The number of hydrogen-bond donors (Lipinski definition) is 7. The quantitative estimate of drug-likeness (QED) is 0.0121. The number of nitrogens with zero attached hydrogens (tertiary/aromatic N) is 3. The molecule has 0 atom stereocenters. The highest BCUT2D eigenvalue weighted by Gasteiger charge is 2.35. The fourth-order valence-electron chi connectivity index (χ4n) is 7.90. The molecule has 7 N–H and O–H groups in total. The van der Waals surface area contributed by atoms with Crippen molar-refractivity contribution in [1.82, 2.24) is 30.9 Å². The zero-order valence-electron chi connectivity index (χ0n) is 54.9. The number of aromatic nitrogens is 3. The maximum Gasteiger partial charge on any atom is 0.433 e. The van der Waals surface area contributed by atoms with E-state index < -0.39 is 101 Å². The minimum absolute atomic E-state index is 0.0139. The maximum absolute atomic E-state index is 14.0. The van der Waals surface area contributed by atoms with Crippen LogP contribution in [-0.4, -0.2) is 109 Å². The van der Waals surface area contributed by atoms with Gasteiger partial charge in [0.1, 0.15) is 34.5 Å². The van der Waals surface area contributed by atoms with Crippen LogP contribution in [0.15, 0.2) is 97.1 Å². The molecule has 0 fully saturated rings. The van der Waals surface area contributed by atoms with E-state index in [0.717, 1.165) is 87.3 Å². The number of sulfonamides is 3. The number of aliphatic hydroxyl groups is 1. The second-order valence-corrected chi connectivity index (χ2v) is 26.6. The van der Waals surface area contributed by atoms with Crippen molar-refractivity contribution in [2.24, 2.45) is 0 Å². The van der Waals surface area contributed by atoms with Gasteiger partial charge in [-0.2, -0.15) is 39.5 Å². The Morgan fingerprint density at radius 3 is 1.11 bits per heavy atom. The van der Waals surface area contributed by atoms with Crippen LogP contribution in [0.3, 0.4) is 0 Å². The molecule has 0 bridgehead atoms. The zero-order chi connectivity index (χ0) is 75.2. The van der Waals surface area contributed by atoms with Gasteiger partial charge in [0.2, 0.25) is 65.4 Å². The third-order valence-electron chi connectivity index (χ3n) is 12.6. The Balaban J connectivity index is 0.000000385. The van der Waals surface area contributed by atoms with Crippen LogP contribution >= 0.6 is 0 Å². The van der Waals surface area contributed by atoms with Gasteiger partial charge in [0.15, 0.2) is 0 Å². The van der Waals surface area contributed by atoms with Crippen molar-refractivity contribution >= 4 is 70.9 Å². The number of carbonyl (C=O) groups is 3. The summed E-state index contributed by atoms with van der Waals surface area (Å²) in [6, 6.07) is 17.4. The lowest BCUT2D eigenvalue weighted by atomic mass is 10.1. The van der Waals surface area contributed by atoms with Gasteiger partial charge < -0.3 is 35.3 Å². The van der Waals surface area contributed by atoms with E-state index in [-0.39, 0.29) is 105 Å². The molecule has 3 heterocycles. The van der Waals surface area contributed by atoms with Gasteiger partial charge in [0.05, 0.1) is 55.7 Å². The lowest BCUT2D eigenvalue weighted by Crippen LogP contribution is -2.23. The van der Waals surface area contributed by atoms with Crippen LogP contribution in [0, 0.1) is 17.5 Å². The molecule has 0 aliphatic carbocycles. The first kappa shape index (κ1) is 85.3. The Kier molecular flexibility index (Phi) is 33.9. The number of nitrogens with one attached hydrogen (secondary N) is 6. The molecule has 0 saturated carbocycles. The summed E-state index contributed by atoms with van der Waals surface area (Å²) in [7, 11) is -9.90. The van der Waals surface area contributed by atoms with Crippen molar-refractivity contribution in [3.05, 3.63) is 165 Å². The highest BCUT2D eigenvalue weighted by molar-refractivity contribution is 7.92. The molecule has 22 nitrogen and oxygen atoms in total. The zero-order valence-corrected chi connectivity index (χ0v) is 57.3. The van der Waals surface area contributed by atoms with E-state index in [4.69, 9.17) is 19.3 Å². The number of anilines is 3. The van der Waals surface area contributed by atoms with Crippen LogP contribution in [0.5, 0.6) is 17.6 Å². The summed E-state index contributed by atoms with van der Waals surface area (Å²) in [4.78, 5) is 47.0. The topological polar surface area (TPSA) is 312 Å². The van der Waals surface area contributed by atoms with E-state index >= 15 is 0 Å².